The Morgan fingerprint density at radius 2 is 1.23 bits per heavy atom. The molecule has 0 amide bonds. The van der Waals surface area contributed by atoms with Gasteiger partial charge in [-0.25, -0.2) is 9.59 Å². The van der Waals surface area contributed by atoms with Gasteiger partial charge in [0.25, 0.3) is 0 Å². The quantitative estimate of drug-likeness (QED) is 0.360. The molecule has 0 saturated heterocycles. The fraction of sp³-hybridized carbons (Fsp3) is 0.714. The first kappa shape index (κ1) is 11.9. The first-order valence-corrected chi connectivity index (χ1v) is 3.47. The summed E-state index contributed by atoms with van der Waals surface area (Å²) in [5.74, 6) is -1.70. The largest absolute Gasteiger partial charge is 0.359 e. The highest BCUT2D eigenvalue weighted by atomic mass is 17.2. The second-order valence-electron chi connectivity index (χ2n) is 2.70. The maximum atomic E-state index is 11.1. The van der Waals surface area contributed by atoms with Gasteiger partial charge in [-0.1, -0.05) is 0 Å². The van der Waals surface area contributed by atoms with Crippen molar-refractivity contribution >= 4 is 11.9 Å². The Hall–Kier alpha value is -1.14. The topological polar surface area (TPSA) is 71.1 Å². The van der Waals surface area contributed by atoms with Gasteiger partial charge in [0, 0.05) is 0 Å². The Bertz CT molecular complexity index is 177. The fourth-order valence-electron chi connectivity index (χ4n) is 0.443. The van der Waals surface area contributed by atoms with Crippen LogP contribution in [0.5, 0.6) is 0 Å². The monoisotopic (exact) mass is 192 g/mol. The van der Waals surface area contributed by atoms with E-state index < -0.39 is 17.4 Å². The molecule has 0 radical (unpaired) electrons. The van der Waals surface area contributed by atoms with Gasteiger partial charge in [0.1, 0.15) is 0 Å². The summed E-state index contributed by atoms with van der Waals surface area (Å²) in [6, 6.07) is 0. The number of carbonyl (C=O) groups excluding carboxylic acids is 2. The van der Waals surface area contributed by atoms with Crippen molar-refractivity contribution in [3.05, 3.63) is 0 Å². The van der Waals surface area contributed by atoms with E-state index in [1.165, 1.54) is 13.8 Å². The summed E-state index contributed by atoms with van der Waals surface area (Å²) < 4.78 is 0. The van der Waals surface area contributed by atoms with Crippen LogP contribution in [0.4, 0.5) is 0 Å². The van der Waals surface area contributed by atoms with Crippen molar-refractivity contribution < 1.29 is 29.1 Å². The van der Waals surface area contributed by atoms with Crippen molar-refractivity contribution in [2.24, 2.45) is 5.41 Å². The molecule has 0 atom stereocenters. The van der Waals surface area contributed by atoms with Gasteiger partial charge >= 0.3 is 11.9 Å². The molecule has 0 fully saturated rings. The van der Waals surface area contributed by atoms with Crippen LogP contribution in [0.15, 0.2) is 0 Å². The Morgan fingerprint density at radius 1 is 0.923 bits per heavy atom. The third-order valence-electron chi connectivity index (χ3n) is 1.34. The van der Waals surface area contributed by atoms with Crippen molar-refractivity contribution in [1.29, 1.82) is 0 Å². The molecule has 6 nitrogen and oxygen atoms in total. The molecular weight excluding hydrogens is 180 g/mol. The predicted octanol–water partition coefficient (Wildman–Crippen LogP) is 0.222. The molecule has 0 N–H and O–H groups in total. The Labute approximate surface area is 75.6 Å². The van der Waals surface area contributed by atoms with Crippen molar-refractivity contribution in [3.63, 3.8) is 0 Å². The maximum Gasteiger partial charge on any atom is 0.359 e. The molecule has 0 spiro atoms. The highest BCUT2D eigenvalue weighted by Crippen LogP contribution is 2.19. The Balaban J connectivity index is 4.36. The Kier molecular flexibility index (Phi) is 4.36. The van der Waals surface area contributed by atoms with Crippen LogP contribution in [0.3, 0.4) is 0 Å². The van der Waals surface area contributed by atoms with Gasteiger partial charge < -0.3 is 0 Å². The van der Waals surface area contributed by atoms with E-state index in [1.807, 2.05) is 0 Å². The van der Waals surface area contributed by atoms with E-state index in [4.69, 9.17) is 0 Å². The number of carbonyl (C=O) groups is 2. The fourth-order valence-corrected chi connectivity index (χ4v) is 0.443. The second kappa shape index (κ2) is 4.78. The van der Waals surface area contributed by atoms with Crippen LogP contribution in [-0.4, -0.2) is 26.2 Å². The van der Waals surface area contributed by atoms with Crippen LogP contribution in [0, 0.1) is 5.41 Å². The molecule has 76 valence electrons. The molecule has 6 heteroatoms. The van der Waals surface area contributed by atoms with Crippen LogP contribution < -0.4 is 0 Å². The lowest BCUT2D eigenvalue weighted by atomic mass is 9.94. The summed E-state index contributed by atoms with van der Waals surface area (Å²) in [6.45, 7) is 2.66. The van der Waals surface area contributed by atoms with Crippen molar-refractivity contribution in [1.82, 2.24) is 0 Å². The zero-order valence-electron chi connectivity index (χ0n) is 7.95. The standard InChI is InChI=1S/C7H12O6/c1-7(2,5(8)12-10-3)6(9)13-11-4/h1-4H3. The molecule has 0 aliphatic rings. The van der Waals surface area contributed by atoms with E-state index in [2.05, 4.69) is 19.6 Å². The summed E-state index contributed by atoms with van der Waals surface area (Å²) in [4.78, 5) is 38.8. The first-order chi connectivity index (χ1) is 5.96. The van der Waals surface area contributed by atoms with Crippen molar-refractivity contribution in [2.75, 3.05) is 14.2 Å². The Morgan fingerprint density at radius 3 is 1.46 bits per heavy atom. The lowest BCUT2D eigenvalue weighted by Crippen LogP contribution is -2.36. The van der Waals surface area contributed by atoms with Crippen LogP contribution in [0.2, 0.25) is 0 Å². The average molecular weight is 192 g/mol. The summed E-state index contributed by atoms with van der Waals surface area (Å²) in [7, 11) is 2.32. The molecule has 0 aromatic heterocycles. The van der Waals surface area contributed by atoms with Gasteiger partial charge in [0.2, 0.25) is 0 Å². The third-order valence-corrected chi connectivity index (χ3v) is 1.34. The second-order valence-corrected chi connectivity index (χ2v) is 2.70. The van der Waals surface area contributed by atoms with Gasteiger partial charge in [-0.3, -0.25) is 9.78 Å². The van der Waals surface area contributed by atoms with E-state index >= 15 is 0 Å². The molecule has 0 aromatic rings. The maximum absolute atomic E-state index is 11.1. The van der Waals surface area contributed by atoms with Gasteiger partial charge in [0.15, 0.2) is 5.41 Å². The van der Waals surface area contributed by atoms with E-state index in [9.17, 15) is 9.59 Å². The van der Waals surface area contributed by atoms with E-state index in [0.29, 0.717) is 0 Å². The van der Waals surface area contributed by atoms with Gasteiger partial charge in [-0.05, 0) is 13.8 Å². The molecule has 0 aromatic carbocycles. The molecule has 0 bridgehead atoms. The molecule has 0 rings (SSSR count). The minimum atomic E-state index is -1.45. The molecule has 0 unspecified atom stereocenters. The minimum absolute atomic E-state index is 0.850. The van der Waals surface area contributed by atoms with Crippen molar-refractivity contribution in [3.8, 4) is 0 Å². The molecule has 13 heavy (non-hydrogen) atoms. The molecule has 0 saturated carbocycles. The van der Waals surface area contributed by atoms with Gasteiger partial charge in [0.05, 0.1) is 14.2 Å². The van der Waals surface area contributed by atoms with E-state index in [0.717, 1.165) is 14.2 Å². The number of hydrogen-bond donors (Lipinski definition) is 0. The van der Waals surface area contributed by atoms with E-state index in [1.54, 1.807) is 0 Å². The van der Waals surface area contributed by atoms with Crippen molar-refractivity contribution in [2.45, 2.75) is 13.8 Å². The lowest BCUT2D eigenvalue weighted by molar-refractivity contribution is -0.279. The SMILES string of the molecule is COOC(=O)C(C)(C)C(=O)OOC. The summed E-state index contributed by atoms with van der Waals surface area (Å²) in [6.07, 6.45) is 0. The van der Waals surface area contributed by atoms with E-state index in [-0.39, 0.29) is 0 Å². The lowest BCUT2D eigenvalue weighted by Gasteiger charge is -2.16. The summed E-state index contributed by atoms with van der Waals surface area (Å²) in [5, 5.41) is 0. The molecular formula is C7H12O6. The third kappa shape index (κ3) is 3.00. The molecule has 0 aliphatic heterocycles. The minimum Gasteiger partial charge on any atom is -0.297 e. The zero-order chi connectivity index (χ0) is 10.5. The highest BCUT2D eigenvalue weighted by Gasteiger charge is 2.41. The average Bonchev–Trinajstić information content (AvgIpc) is 2.05. The van der Waals surface area contributed by atoms with Crippen LogP contribution >= 0.6 is 0 Å². The van der Waals surface area contributed by atoms with Crippen LogP contribution in [0.1, 0.15) is 13.8 Å². The normalized spacial score (nSPS) is 10.8. The molecule has 0 aliphatic carbocycles. The van der Waals surface area contributed by atoms with Gasteiger partial charge in [-0.2, -0.15) is 9.78 Å². The molecule has 0 heterocycles. The zero-order valence-corrected chi connectivity index (χ0v) is 7.95. The smallest absolute Gasteiger partial charge is 0.297 e. The first-order valence-electron chi connectivity index (χ1n) is 3.47. The summed E-state index contributed by atoms with van der Waals surface area (Å²) >= 11 is 0. The van der Waals surface area contributed by atoms with Gasteiger partial charge in [-0.15, -0.1) is 0 Å². The number of hydrogen-bond acceptors (Lipinski definition) is 6. The predicted molar refractivity (Wildman–Crippen MR) is 40.0 cm³/mol. The van der Waals surface area contributed by atoms with Crippen LogP contribution in [0.25, 0.3) is 0 Å². The highest BCUT2D eigenvalue weighted by molar-refractivity contribution is 5.98. The number of rotatable bonds is 4. The van der Waals surface area contributed by atoms with Crippen LogP contribution in [-0.2, 0) is 29.1 Å². The summed E-state index contributed by atoms with van der Waals surface area (Å²) in [5.41, 5.74) is -1.45.